The van der Waals surface area contributed by atoms with Crippen LogP contribution in [0, 0.1) is 16.0 Å². The lowest BCUT2D eigenvalue weighted by atomic mass is 9.99. The molecule has 0 radical (unpaired) electrons. The maximum absolute atomic E-state index is 12.8. The van der Waals surface area contributed by atoms with Gasteiger partial charge in [-0.2, -0.15) is 4.31 Å². The van der Waals surface area contributed by atoms with Gasteiger partial charge in [0.05, 0.1) is 16.5 Å². The monoisotopic (exact) mass is 478 g/mol. The van der Waals surface area contributed by atoms with Crippen molar-refractivity contribution in [2.75, 3.05) is 18.4 Å². The zero-order valence-corrected chi connectivity index (χ0v) is 18.6. The quantitative estimate of drug-likeness (QED) is 0.424. The third-order valence-corrected chi connectivity index (χ3v) is 8.93. The van der Waals surface area contributed by atoms with Crippen LogP contribution in [0.25, 0.3) is 11.3 Å². The molecule has 0 saturated carbocycles. The van der Waals surface area contributed by atoms with Gasteiger partial charge in [0, 0.05) is 36.2 Å². The predicted molar refractivity (Wildman–Crippen MR) is 119 cm³/mol. The van der Waals surface area contributed by atoms with Crippen LogP contribution in [-0.2, 0) is 14.8 Å². The van der Waals surface area contributed by atoms with Crippen molar-refractivity contribution in [3.8, 4) is 11.3 Å². The van der Waals surface area contributed by atoms with E-state index in [1.54, 1.807) is 35.0 Å². The first kappa shape index (κ1) is 21.6. The van der Waals surface area contributed by atoms with Crippen LogP contribution in [0.15, 0.2) is 51.4 Å². The Balaban J connectivity index is 1.44. The standard InChI is InChI=1S/C19H18N4O5S3/c24-18(14-5-2-8-22(11-14)31(27,28)17-7-3-9-29-17)21-19-20-16(12-30-19)13-4-1-6-15(10-13)23(25)26/h1,3-4,6-7,9-10,12,14H,2,5,8,11H2,(H,20,21,24). The minimum Gasteiger partial charge on any atom is -0.302 e. The Morgan fingerprint density at radius 3 is 2.84 bits per heavy atom. The van der Waals surface area contributed by atoms with E-state index >= 15 is 0 Å². The topological polar surface area (TPSA) is 123 Å². The molecule has 1 aromatic carbocycles. The molecule has 1 unspecified atom stereocenters. The first-order valence-electron chi connectivity index (χ1n) is 9.39. The smallest absolute Gasteiger partial charge is 0.270 e. The summed E-state index contributed by atoms with van der Waals surface area (Å²) in [4.78, 5) is 27.6. The van der Waals surface area contributed by atoms with Crippen LogP contribution < -0.4 is 5.32 Å². The summed E-state index contributed by atoms with van der Waals surface area (Å²) in [5, 5.41) is 17.5. The van der Waals surface area contributed by atoms with Crippen LogP contribution in [0.2, 0.25) is 0 Å². The summed E-state index contributed by atoms with van der Waals surface area (Å²) in [5.74, 6) is -0.764. The molecule has 3 heterocycles. The number of anilines is 1. The van der Waals surface area contributed by atoms with E-state index in [0.717, 1.165) is 11.3 Å². The summed E-state index contributed by atoms with van der Waals surface area (Å²) in [5.41, 5.74) is 1.07. The summed E-state index contributed by atoms with van der Waals surface area (Å²) in [6.45, 7) is 0.507. The SMILES string of the molecule is O=C(Nc1nc(-c2cccc([N+](=O)[O-])c2)cs1)C1CCCN(S(=O)(=O)c2cccs2)C1. The fourth-order valence-electron chi connectivity index (χ4n) is 3.36. The zero-order chi connectivity index (χ0) is 22.0. The van der Waals surface area contributed by atoms with E-state index in [-0.39, 0.29) is 22.3 Å². The van der Waals surface area contributed by atoms with Crippen molar-refractivity contribution < 1.29 is 18.1 Å². The van der Waals surface area contributed by atoms with Gasteiger partial charge in [0.15, 0.2) is 5.13 Å². The van der Waals surface area contributed by atoms with Crippen LogP contribution in [0.1, 0.15) is 12.8 Å². The number of carbonyl (C=O) groups excluding carboxylic acids is 1. The van der Waals surface area contributed by atoms with Crippen molar-refractivity contribution in [3.05, 3.63) is 57.3 Å². The van der Waals surface area contributed by atoms with Gasteiger partial charge >= 0.3 is 0 Å². The van der Waals surface area contributed by atoms with Crippen LogP contribution in [0.4, 0.5) is 10.8 Å². The van der Waals surface area contributed by atoms with Crippen LogP contribution in [0.3, 0.4) is 0 Å². The van der Waals surface area contributed by atoms with Crippen molar-refractivity contribution in [3.63, 3.8) is 0 Å². The van der Waals surface area contributed by atoms with Gasteiger partial charge in [-0.25, -0.2) is 13.4 Å². The van der Waals surface area contributed by atoms with E-state index in [4.69, 9.17) is 0 Å². The molecular formula is C19H18N4O5S3. The molecular weight excluding hydrogens is 460 g/mol. The summed E-state index contributed by atoms with van der Waals surface area (Å²) in [6, 6.07) is 9.37. The Bertz CT molecular complexity index is 1210. The van der Waals surface area contributed by atoms with E-state index in [1.807, 2.05) is 0 Å². The molecule has 1 fully saturated rings. The van der Waals surface area contributed by atoms with E-state index in [1.165, 1.54) is 27.8 Å². The molecule has 1 atom stereocenters. The molecule has 1 N–H and O–H groups in total. The normalized spacial score (nSPS) is 17.4. The first-order chi connectivity index (χ1) is 14.8. The maximum atomic E-state index is 12.8. The third kappa shape index (κ3) is 4.66. The van der Waals surface area contributed by atoms with Crippen LogP contribution >= 0.6 is 22.7 Å². The molecule has 1 saturated heterocycles. The number of non-ortho nitro benzene ring substituents is 1. The number of amides is 1. The highest BCUT2D eigenvalue weighted by Gasteiger charge is 2.34. The van der Waals surface area contributed by atoms with Gasteiger partial charge in [-0.15, -0.1) is 22.7 Å². The number of rotatable bonds is 6. The summed E-state index contributed by atoms with van der Waals surface area (Å²) in [6.07, 6.45) is 1.19. The van der Waals surface area contributed by atoms with Crippen molar-refractivity contribution in [1.29, 1.82) is 0 Å². The molecule has 9 nitrogen and oxygen atoms in total. The number of nitro groups is 1. The Morgan fingerprint density at radius 1 is 1.26 bits per heavy atom. The number of hydrogen-bond acceptors (Lipinski definition) is 8. The lowest BCUT2D eigenvalue weighted by Crippen LogP contribution is -2.43. The molecule has 0 aliphatic carbocycles. The predicted octanol–water partition coefficient (Wildman–Crippen LogP) is 3.82. The number of aromatic nitrogens is 1. The summed E-state index contributed by atoms with van der Waals surface area (Å²) in [7, 11) is -3.60. The lowest BCUT2D eigenvalue weighted by molar-refractivity contribution is -0.384. The van der Waals surface area contributed by atoms with Crippen molar-refractivity contribution in [2.45, 2.75) is 17.1 Å². The minimum atomic E-state index is -3.60. The second-order valence-electron chi connectivity index (χ2n) is 6.97. The summed E-state index contributed by atoms with van der Waals surface area (Å²) < 4.78 is 27.2. The second kappa shape index (κ2) is 8.83. The molecule has 2 aromatic heterocycles. The van der Waals surface area contributed by atoms with E-state index in [0.29, 0.717) is 35.8 Å². The number of carbonyl (C=O) groups is 1. The number of thiophene rings is 1. The highest BCUT2D eigenvalue weighted by atomic mass is 32.2. The van der Waals surface area contributed by atoms with Gasteiger partial charge in [-0.05, 0) is 24.3 Å². The maximum Gasteiger partial charge on any atom is 0.270 e. The highest BCUT2D eigenvalue weighted by Crippen LogP contribution is 2.30. The lowest BCUT2D eigenvalue weighted by Gasteiger charge is -2.30. The molecule has 3 aromatic rings. The van der Waals surface area contributed by atoms with Crippen LogP contribution in [0.5, 0.6) is 0 Å². The van der Waals surface area contributed by atoms with Gasteiger partial charge < -0.3 is 5.32 Å². The minimum absolute atomic E-state index is 0.0367. The Morgan fingerprint density at radius 2 is 2.10 bits per heavy atom. The van der Waals surface area contributed by atoms with Crippen molar-refractivity contribution >= 4 is 49.4 Å². The van der Waals surface area contributed by atoms with Crippen molar-refractivity contribution in [2.24, 2.45) is 5.92 Å². The largest absolute Gasteiger partial charge is 0.302 e. The highest BCUT2D eigenvalue weighted by molar-refractivity contribution is 7.91. The Kier molecular flexibility index (Phi) is 6.14. The fraction of sp³-hybridized carbons (Fsp3) is 0.263. The number of hydrogen-bond donors (Lipinski definition) is 1. The molecule has 4 rings (SSSR count). The van der Waals surface area contributed by atoms with Gasteiger partial charge in [0.25, 0.3) is 15.7 Å². The number of benzene rings is 1. The van der Waals surface area contributed by atoms with E-state index < -0.39 is 20.9 Å². The molecule has 1 amide bonds. The molecule has 12 heteroatoms. The first-order valence-corrected chi connectivity index (χ1v) is 12.6. The van der Waals surface area contributed by atoms with Crippen LogP contribution in [-0.4, -0.2) is 41.6 Å². The molecule has 0 spiro atoms. The fourth-order valence-corrected chi connectivity index (χ4v) is 6.75. The third-order valence-electron chi connectivity index (χ3n) is 4.93. The Labute approximate surface area is 186 Å². The zero-order valence-electron chi connectivity index (χ0n) is 16.1. The van der Waals surface area contributed by atoms with Gasteiger partial charge in [-0.3, -0.25) is 14.9 Å². The van der Waals surface area contributed by atoms with E-state index in [9.17, 15) is 23.3 Å². The molecule has 162 valence electrons. The number of piperidine rings is 1. The Hall–Kier alpha value is -2.67. The number of nitro benzene ring substituents is 1. The van der Waals surface area contributed by atoms with Gasteiger partial charge in [0.1, 0.15) is 4.21 Å². The number of nitrogens with zero attached hydrogens (tertiary/aromatic N) is 3. The van der Waals surface area contributed by atoms with Crippen molar-refractivity contribution in [1.82, 2.24) is 9.29 Å². The van der Waals surface area contributed by atoms with E-state index in [2.05, 4.69) is 10.3 Å². The molecule has 0 bridgehead atoms. The second-order valence-corrected chi connectivity index (χ2v) is 10.9. The molecule has 1 aliphatic heterocycles. The van der Waals surface area contributed by atoms with Gasteiger partial charge in [0.2, 0.25) is 5.91 Å². The average molecular weight is 479 g/mol. The molecule has 31 heavy (non-hydrogen) atoms. The number of thiazole rings is 1. The van der Waals surface area contributed by atoms with Gasteiger partial charge in [-0.1, -0.05) is 18.2 Å². The molecule has 1 aliphatic rings. The number of nitrogens with one attached hydrogen (secondary N) is 1. The number of sulfonamides is 1. The average Bonchev–Trinajstić information content (AvgIpc) is 3.47. The summed E-state index contributed by atoms with van der Waals surface area (Å²) >= 11 is 2.37.